The fourth-order valence-corrected chi connectivity index (χ4v) is 4.08. The van der Waals surface area contributed by atoms with Crippen LogP contribution in [0.5, 0.6) is 11.5 Å². The number of nitrogens with zero attached hydrogens (tertiary/aromatic N) is 2. The van der Waals surface area contributed by atoms with E-state index in [4.69, 9.17) is 9.47 Å². The molecule has 0 aliphatic heterocycles. The Bertz CT molecular complexity index is 1330. The lowest BCUT2D eigenvalue weighted by atomic mass is 10.2. The van der Waals surface area contributed by atoms with Gasteiger partial charge in [0.25, 0.3) is 5.56 Å². The van der Waals surface area contributed by atoms with Crippen molar-refractivity contribution < 1.29 is 19.4 Å². The molecule has 0 saturated carbocycles. The van der Waals surface area contributed by atoms with Crippen molar-refractivity contribution in [2.24, 2.45) is 0 Å². The second kappa shape index (κ2) is 7.75. The molecule has 4 rings (SSSR count). The first-order chi connectivity index (χ1) is 14.4. The minimum Gasteiger partial charge on any atom is -0.493 e. The number of nitrogens with one attached hydrogen (secondary N) is 1. The van der Waals surface area contributed by atoms with Gasteiger partial charge in [-0.3, -0.25) is 14.2 Å². The van der Waals surface area contributed by atoms with E-state index in [2.05, 4.69) is 9.97 Å². The van der Waals surface area contributed by atoms with Crippen LogP contribution in [0.15, 0.2) is 52.4 Å². The number of para-hydroxylation sites is 1. The van der Waals surface area contributed by atoms with Crippen LogP contribution in [0.25, 0.3) is 27.6 Å². The Labute approximate surface area is 175 Å². The second-order valence-corrected chi connectivity index (χ2v) is 7.87. The molecule has 0 saturated heterocycles. The van der Waals surface area contributed by atoms with Crippen molar-refractivity contribution in [1.29, 1.82) is 0 Å². The third kappa shape index (κ3) is 3.26. The van der Waals surface area contributed by atoms with E-state index in [1.165, 1.54) is 18.8 Å². The van der Waals surface area contributed by atoms with E-state index in [0.717, 1.165) is 22.7 Å². The molecule has 2 N–H and O–H groups in total. The number of fused-ring (bicyclic) bond motifs is 3. The largest absolute Gasteiger partial charge is 0.493 e. The van der Waals surface area contributed by atoms with E-state index in [9.17, 15) is 14.7 Å². The number of H-pyrrole nitrogens is 1. The minimum atomic E-state index is -0.993. The van der Waals surface area contributed by atoms with Gasteiger partial charge in [-0.05, 0) is 25.1 Å². The van der Waals surface area contributed by atoms with Crippen molar-refractivity contribution in [3.8, 4) is 17.2 Å². The number of carbonyl (C=O) groups is 1. The van der Waals surface area contributed by atoms with Gasteiger partial charge in [0.2, 0.25) is 0 Å². The third-order valence-corrected chi connectivity index (χ3v) is 5.79. The van der Waals surface area contributed by atoms with Gasteiger partial charge in [-0.15, -0.1) is 0 Å². The molecule has 0 aliphatic carbocycles. The van der Waals surface area contributed by atoms with Crippen LogP contribution in [0.4, 0.5) is 0 Å². The van der Waals surface area contributed by atoms with Crippen molar-refractivity contribution in [3.05, 3.63) is 52.8 Å². The molecule has 0 fully saturated rings. The van der Waals surface area contributed by atoms with E-state index in [1.807, 2.05) is 24.3 Å². The molecule has 30 heavy (non-hydrogen) atoms. The summed E-state index contributed by atoms with van der Waals surface area (Å²) in [6.45, 7) is 1.55. The standard InChI is InChI=1S/C21H19N3O5S/c1-11(20(26)27)30-21-23-17-13-6-4-5-7-14(13)22-18(17)19(25)24(21)12-8-9-15(28-2)16(10-12)29-3/h4-11,22H,1-3H3,(H,26,27). The van der Waals surface area contributed by atoms with Gasteiger partial charge < -0.3 is 19.6 Å². The lowest BCUT2D eigenvalue weighted by Crippen LogP contribution is -2.23. The second-order valence-electron chi connectivity index (χ2n) is 6.57. The number of hydrogen-bond donors (Lipinski definition) is 2. The third-order valence-electron chi connectivity index (χ3n) is 4.75. The van der Waals surface area contributed by atoms with Gasteiger partial charge in [-0.1, -0.05) is 30.0 Å². The lowest BCUT2D eigenvalue weighted by Gasteiger charge is -2.15. The van der Waals surface area contributed by atoms with Crippen LogP contribution in [0.3, 0.4) is 0 Å². The van der Waals surface area contributed by atoms with Crippen LogP contribution in [-0.2, 0) is 4.79 Å². The van der Waals surface area contributed by atoms with Crippen molar-refractivity contribution in [3.63, 3.8) is 0 Å². The van der Waals surface area contributed by atoms with Gasteiger partial charge in [-0.25, -0.2) is 4.98 Å². The average Bonchev–Trinajstić information content (AvgIpc) is 3.12. The highest BCUT2D eigenvalue weighted by Crippen LogP contribution is 2.32. The molecule has 9 heteroatoms. The molecule has 8 nitrogen and oxygen atoms in total. The van der Waals surface area contributed by atoms with Gasteiger partial charge in [-0.2, -0.15) is 0 Å². The van der Waals surface area contributed by atoms with Gasteiger partial charge in [0.1, 0.15) is 16.3 Å². The fraction of sp³-hybridized carbons (Fsp3) is 0.190. The summed E-state index contributed by atoms with van der Waals surface area (Å²) in [5, 5.41) is 9.67. The van der Waals surface area contributed by atoms with E-state index < -0.39 is 11.2 Å². The SMILES string of the molecule is COc1ccc(-n2c(SC(C)C(=O)O)nc3c([nH]c4ccccc43)c2=O)cc1OC. The number of aromatic nitrogens is 3. The molecule has 1 unspecified atom stereocenters. The number of thioether (sulfide) groups is 1. The Morgan fingerprint density at radius 1 is 1.17 bits per heavy atom. The number of ether oxygens (including phenoxy) is 2. The minimum absolute atomic E-state index is 0.277. The number of methoxy groups -OCH3 is 2. The fourth-order valence-electron chi connectivity index (χ4n) is 3.22. The number of hydrogen-bond acceptors (Lipinski definition) is 6. The van der Waals surface area contributed by atoms with Crippen molar-refractivity contribution in [2.45, 2.75) is 17.3 Å². The molecule has 2 aromatic heterocycles. The molecule has 0 aliphatic rings. The molecule has 1 atom stereocenters. The smallest absolute Gasteiger partial charge is 0.316 e. The molecule has 4 aromatic rings. The first kappa shape index (κ1) is 19.8. The average molecular weight is 425 g/mol. The van der Waals surface area contributed by atoms with E-state index >= 15 is 0 Å². The predicted molar refractivity (Wildman–Crippen MR) is 115 cm³/mol. The lowest BCUT2D eigenvalue weighted by molar-refractivity contribution is -0.136. The Balaban J connectivity index is 2.03. The summed E-state index contributed by atoms with van der Waals surface area (Å²) < 4.78 is 12.0. The van der Waals surface area contributed by atoms with Crippen LogP contribution in [0.2, 0.25) is 0 Å². The molecule has 0 bridgehead atoms. The van der Waals surface area contributed by atoms with Crippen LogP contribution >= 0.6 is 11.8 Å². The van der Waals surface area contributed by atoms with Crippen LogP contribution in [-0.4, -0.2) is 45.1 Å². The Kier molecular flexibility index (Phi) is 5.13. The molecule has 2 aromatic carbocycles. The van der Waals surface area contributed by atoms with Crippen molar-refractivity contribution in [1.82, 2.24) is 14.5 Å². The van der Waals surface area contributed by atoms with E-state index in [-0.39, 0.29) is 10.7 Å². The maximum Gasteiger partial charge on any atom is 0.316 e. The van der Waals surface area contributed by atoms with Gasteiger partial charge in [0, 0.05) is 17.0 Å². The molecule has 2 heterocycles. The zero-order valence-corrected chi connectivity index (χ0v) is 17.3. The maximum absolute atomic E-state index is 13.5. The number of aromatic amines is 1. The molecular formula is C21H19N3O5S. The Hall–Kier alpha value is -3.46. The summed E-state index contributed by atoms with van der Waals surface area (Å²) in [5.74, 6) is -0.0323. The Morgan fingerprint density at radius 3 is 2.60 bits per heavy atom. The normalized spacial score (nSPS) is 12.2. The van der Waals surface area contributed by atoms with E-state index in [1.54, 1.807) is 25.1 Å². The number of aliphatic carboxylic acids is 1. The van der Waals surface area contributed by atoms with Gasteiger partial charge in [0.05, 0.1) is 19.9 Å². The highest BCUT2D eigenvalue weighted by molar-refractivity contribution is 8.00. The number of carboxylic acid groups (broad SMARTS) is 1. The first-order valence-corrected chi connectivity index (χ1v) is 9.98. The highest BCUT2D eigenvalue weighted by atomic mass is 32.2. The summed E-state index contributed by atoms with van der Waals surface area (Å²) in [7, 11) is 3.03. The number of rotatable bonds is 6. The van der Waals surface area contributed by atoms with Gasteiger partial charge >= 0.3 is 5.97 Å². The molecule has 0 radical (unpaired) electrons. The summed E-state index contributed by atoms with van der Waals surface area (Å²) >= 11 is 1.00. The highest BCUT2D eigenvalue weighted by Gasteiger charge is 2.22. The Morgan fingerprint density at radius 2 is 1.90 bits per heavy atom. The van der Waals surface area contributed by atoms with Crippen LogP contribution in [0.1, 0.15) is 6.92 Å². The van der Waals surface area contributed by atoms with Crippen molar-refractivity contribution >= 4 is 39.7 Å². The molecule has 154 valence electrons. The molecule has 0 spiro atoms. The predicted octanol–water partition coefficient (Wildman–Crippen LogP) is 3.45. The quantitative estimate of drug-likeness (QED) is 0.360. The first-order valence-electron chi connectivity index (χ1n) is 9.10. The van der Waals surface area contributed by atoms with Crippen molar-refractivity contribution in [2.75, 3.05) is 14.2 Å². The van der Waals surface area contributed by atoms with Crippen LogP contribution < -0.4 is 15.0 Å². The number of carboxylic acids is 1. The summed E-state index contributed by atoms with van der Waals surface area (Å²) in [6, 6.07) is 12.5. The zero-order valence-electron chi connectivity index (χ0n) is 16.5. The van der Waals surface area contributed by atoms with Crippen LogP contribution in [0, 0.1) is 0 Å². The van der Waals surface area contributed by atoms with Gasteiger partial charge in [0.15, 0.2) is 16.7 Å². The molecule has 0 amide bonds. The summed E-state index contributed by atoms with van der Waals surface area (Å²) in [4.78, 5) is 32.8. The number of benzene rings is 2. The monoisotopic (exact) mass is 425 g/mol. The summed E-state index contributed by atoms with van der Waals surface area (Å²) in [5.41, 5.74) is 1.80. The summed E-state index contributed by atoms with van der Waals surface area (Å²) in [6.07, 6.45) is 0. The maximum atomic E-state index is 13.5. The van der Waals surface area contributed by atoms with E-state index in [0.29, 0.717) is 28.2 Å². The zero-order chi connectivity index (χ0) is 21.4. The molecular weight excluding hydrogens is 406 g/mol. The topological polar surface area (TPSA) is 106 Å².